The lowest BCUT2D eigenvalue weighted by Crippen LogP contribution is -2.18. The van der Waals surface area contributed by atoms with E-state index in [9.17, 15) is 0 Å². The standard InChI is InChI=1S/C18H29NO/c1-3-20-17-12-10-16(11-13-17)18(19-2)14-9-15-7-5-4-6-8-15/h10-13,15,18-19H,3-9,14H2,1-2H3. The van der Waals surface area contributed by atoms with Crippen LogP contribution in [0, 0.1) is 5.92 Å². The molecule has 1 N–H and O–H groups in total. The zero-order chi connectivity index (χ0) is 14.2. The predicted molar refractivity (Wildman–Crippen MR) is 85.2 cm³/mol. The van der Waals surface area contributed by atoms with E-state index in [1.54, 1.807) is 0 Å². The van der Waals surface area contributed by atoms with Crippen molar-refractivity contribution in [1.82, 2.24) is 5.32 Å². The first-order valence-electron chi connectivity index (χ1n) is 8.23. The van der Waals surface area contributed by atoms with E-state index in [0.717, 1.165) is 18.3 Å². The fourth-order valence-electron chi connectivity index (χ4n) is 3.32. The van der Waals surface area contributed by atoms with E-state index in [0.29, 0.717) is 6.04 Å². The molecule has 0 spiro atoms. The highest BCUT2D eigenvalue weighted by Gasteiger charge is 2.16. The summed E-state index contributed by atoms with van der Waals surface area (Å²) in [5.74, 6) is 1.93. The van der Waals surface area contributed by atoms with Gasteiger partial charge in [0.15, 0.2) is 0 Å². The average Bonchev–Trinajstić information content (AvgIpc) is 2.51. The average molecular weight is 275 g/mol. The fraction of sp³-hybridized carbons (Fsp3) is 0.667. The van der Waals surface area contributed by atoms with E-state index >= 15 is 0 Å². The van der Waals surface area contributed by atoms with Crippen LogP contribution in [-0.2, 0) is 0 Å². The zero-order valence-corrected chi connectivity index (χ0v) is 13.0. The maximum absolute atomic E-state index is 5.51. The van der Waals surface area contributed by atoms with Crippen LogP contribution in [0.2, 0.25) is 0 Å². The Labute approximate surface area is 123 Å². The van der Waals surface area contributed by atoms with Gasteiger partial charge in [0, 0.05) is 6.04 Å². The van der Waals surface area contributed by atoms with Crippen molar-refractivity contribution in [2.24, 2.45) is 5.92 Å². The summed E-state index contributed by atoms with van der Waals surface area (Å²) in [5, 5.41) is 3.47. The summed E-state index contributed by atoms with van der Waals surface area (Å²) in [6.07, 6.45) is 9.83. The number of hydrogen-bond acceptors (Lipinski definition) is 2. The Morgan fingerprint density at radius 2 is 1.85 bits per heavy atom. The first kappa shape index (κ1) is 15.4. The minimum absolute atomic E-state index is 0.479. The second-order valence-corrected chi connectivity index (χ2v) is 5.92. The highest BCUT2D eigenvalue weighted by molar-refractivity contribution is 5.29. The second kappa shape index (κ2) is 8.31. The molecule has 20 heavy (non-hydrogen) atoms. The van der Waals surface area contributed by atoms with E-state index in [4.69, 9.17) is 4.74 Å². The van der Waals surface area contributed by atoms with E-state index in [-0.39, 0.29) is 0 Å². The largest absolute Gasteiger partial charge is 0.494 e. The lowest BCUT2D eigenvalue weighted by Gasteiger charge is -2.24. The molecule has 1 atom stereocenters. The van der Waals surface area contributed by atoms with Gasteiger partial charge in [-0.25, -0.2) is 0 Å². The molecule has 0 heterocycles. The van der Waals surface area contributed by atoms with Gasteiger partial charge in [-0.1, -0.05) is 44.2 Å². The van der Waals surface area contributed by atoms with Crippen LogP contribution in [0.4, 0.5) is 0 Å². The summed E-state index contributed by atoms with van der Waals surface area (Å²) < 4.78 is 5.51. The van der Waals surface area contributed by atoms with Crippen LogP contribution >= 0.6 is 0 Å². The molecule has 0 aliphatic heterocycles. The SMILES string of the molecule is CCOc1ccc(C(CCC2CCCCC2)NC)cc1. The van der Waals surface area contributed by atoms with Crippen molar-refractivity contribution in [3.8, 4) is 5.75 Å². The molecule has 0 saturated heterocycles. The maximum Gasteiger partial charge on any atom is 0.119 e. The summed E-state index contributed by atoms with van der Waals surface area (Å²) in [7, 11) is 2.07. The lowest BCUT2D eigenvalue weighted by molar-refractivity contribution is 0.317. The van der Waals surface area contributed by atoms with Gasteiger partial charge in [-0.15, -0.1) is 0 Å². The molecule has 112 valence electrons. The van der Waals surface area contributed by atoms with E-state index in [2.05, 4.69) is 36.6 Å². The van der Waals surface area contributed by atoms with Crippen LogP contribution in [0.5, 0.6) is 5.75 Å². The van der Waals surface area contributed by atoms with Gasteiger partial charge in [0.2, 0.25) is 0 Å². The monoisotopic (exact) mass is 275 g/mol. The quantitative estimate of drug-likeness (QED) is 0.778. The van der Waals surface area contributed by atoms with Crippen LogP contribution in [0.1, 0.15) is 63.5 Å². The molecule has 2 nitrogen and oxygen atoms in total. The Morgan fingerprint density at radius 1 is 1.15 bits per heavy atom. The minimum Gasteiger partial charge on any atom is -0.494 e. The lowest BCUT2D eigenvalue weighted by atomic mass is 9.84. The van der Waals surface area contributed by atoms with Crippen LogP contribution in [-0.4, -0.2) is 13.7 Å². The Kier molecular flexibility index (Phi) is 6.38. The van der Waals surface area contributed by atoms with Crippen LogP contribution in [0.15, 0.2) is 24.3 Å². The maximum atomic E-state index is 5.51. The molecule has 1 aliphatic carbocycles. The predicted octanol–water partition coefficient (Wildman–Crippen LogP) is 4.71. The fourth-order valence-corrected chi connectivity index (χ4v) is 3.32. The van der Waals surface area contributed by atoms with Gasteiger partial charge in [0.1, 0.15) is 5.75 Å². The van der Waals surface area contributed by atoms with Crippen molar-refractivity contribution in [3.63, 3.8) is 0 Å². The van der Waals surface area contributed by atoms with Crippen molar-refractivity contribution in [2.45, 2.75) is 57.9 Å². The van der Waals surface area contributed by atoms with Crippen LogP contribution in [0.3, 0.4) is 0 Å². The smallest absolute Gasteiger partial charge is 0.119 e. The third-order valence-electron chi connectivity index (χ3n) is 4.53. The van der Waals surface area contributed by atoms with Crippen LogP contribution < -0.4 is 10.1 Å². The molecule has 0 bridgehead atoms. The van der Waals surface area contributed by atoms with E-state index in [1.807, 2.05) is 6.92 Å². The van der Waals surface area contributed by atoms with Crippen LogP contribution in [0.25, 0.3) is 0 Å². The molecule has 1 aromatic rings. The molecule has 1 fully saturated rings. The van der Waals surface area contributed by atoms with Crippen molar-refractivity contribution < 1.29 is 4.74 Å². The topological polar surface area (TPSA) is 21.3 Å². The normalized spacial score (nSPS) is 17.9. The number of hydrogen-bond donors (Lipinski definition) is 1. The summed E-state index contributed by atoms with van der Waals surface area (Å²) in [6, 6.07) is 9.06. The third kappa shape index (κ3) is 4.52. The third-order valence-corrected chi connectivity index (χ3v) is 4.53. The second-order valence-electron chi connectivity index (χ2n) is 5.92. The van der Waals surface area contributed by atoms with E-state index in [1.165, 1.54) is 50.5 Å². The molecule has 2 rings (SSSR count). The van der Waals surface area contributed by atoms with Crippen molar-refractivity contribution in [1.29, 1.82) is 0 Å². The molecule has 2 heteroatoms. The Bertz CT molecular complexity index is 368. The Hall–Kier alpha value is -1.02. The molecule has 1 aliphatic rings. The van der Waals surface area contributed by atoms with Gasteiger partial charge < -0.3 is 10.1 Å². The molecule has 0 amide bonds. The molecule has 1 aromatic carbocycles. The molecule has 0 radical (unpaired) electrons. The first-order chi connectivity index (χ1) is 9.83. The number of rotatable bonds is 7. The van der Waals surface area contributed by atoms with Crippen molar-refractivity contribution in [3.05, 3.63) is 29.8 Å². The zero-order valence-electron chi connectivity index (χ0n) is 13.0. The summed E-state index contributed by atoms with van der Waals surface area (Å²) in [4.78, 5) is 0. The Morgan fingerprint density at radius 3 is 2.45 bits per heavy atom. The van der Waals surface area contributed by atoms with Gasteiger partial charge in [-0.3, -0.25) is 0 Å². The minimum atomic E-state index is 0.479. The van der Waals surface area contributed by atoms with Gasteiger partial charge in [0.25, 0.3) is 0 Å². The van der Waals surface area contributed by atoms with Gasteiger partial charge in [-0.05, 0) is 50.4 Å². The summed E-state index contributed by atoms with van der Waals surface area (Å²) in [5.41, 5.74) is 1.38. The highest BCUT2D eigenvalue weighted by atomic mass is 16.5. The first-order valence-corrected chi connectivity index (χ1v) is 8.23. The van der Waals surface area contributed by atoms with Gasteiger partial charge in [-0.2, -0.15) is 0 Å². The molecular weight excluding hydrogens is 246 g/mol. The van der Waals surface area contributed by atoms with Crippen molar-refractivity contribution >= 4 is 0 Å². The molecule has 1 unspecified atom stereocenters. The summed E-state index contributed by atoms with van der Waals surface area (Å²) in [6.45, 7) is 2.75. The highest BCUT2D eigenvalue weighted by Crippen LogP contribution is 2.30. The van der Waals surface area contributed by atoms with Gasteiger partial charge >= 0.3 is 0 Å². The number of benzene rings is 1. The van der Waals surface area contributed by atoms with E-state index < -0.39 is 0 Å². The Balaban J connectivity index is 1.86. The van der Waals surface area contributed by atoms with Crippen molar-refractivity contribution in [2.75, 3.05) is 13.7 Å². The summed E-state index contributed by atoms with van der Waals surface area (Å²) >= 11 is 0. The molecule has 0 aromatic heterocycles. The molecular formula is C18H29NO. The van der Waals surface area contributed by atoms with Gasteiger partial charge in [0.05, 0.1) is 6.61 Å². The number of ether oxygens (including phenoxy) is 1. The number of nitrogens with one attached hydrogen (secondary N) is 1. The molecule has 1 saturated carbocycles.